The lowest BCUT2D eigenvalue weighted by molar-refractivity contribution is 0.326. The first kappa shape index (κ1) is 14.3. The fourth-order valence-corrected chi connectivity index (χ4v) is 2.74. The zero-order chi connectivity index (χ0) is 13.8. The van der Waals surface area contributed by atoms with Crippen molar-refractivity contribution in [3.8, 4) is 0 Å². The monoisotopic (exact) mass is 283 g/mol. The Bertz CT molecular complexity index is 423. The minimum atomic E-state index is 0.240. The maximum absolute atomic E-state index is 5.94. The molecule has 0 aromatic carbocycles. The summed E-state index contributed by atoms with van der Waals surface area (Å²) in [6.07, 6.45) is 6.23. The first-order valence-corrected chi connectivity index (χ1v) is 7.31. The van der Waals surface area contributed by atoms with Crippen LogP contribution in [0, 0.1) is 5.92 Å². The molecule has 0 aliphatic heterocycles. The van der Waals surface area contributed by atoms with Gasteiger partial charge in [-0.25, -0.2) is 0 Å². The Morgan fingerprint density at radius 2 is 2.05 bits per heavy atom. The second kappa shape index (κ2) is 6.37. The van der Waals surface area contributed by atoms with E-state index in [4.69, 9.17) is 11.6 Å². The van der Waals surface area contributed by atoms with Crippen LogP contribution < -0.4 is 10.2 Å². The topological polar surface area (TPSA) is 53.9 Å². The molecule has 1 fully saturated rings. The van der Waals surface area contributed by atoms with Gasteiger partial charge in [0.15, 0.2) is 0 Å². The van der Waals surface area contributed by atoms with Crippen molar-refractivity contribution in [2.75, 3.05) is 24.3 Å². The van der Waals surface area contributed by atoms with E-state index >= 15 is 0 Å². The second-order valence-corrected chi connectivity index (χ2v) is 5.74. The Balaban J connectivity index is 2.06. The molecule has 19 heavy (non-hydrogen) atoms. The zero-order valence-electron chi connectivity index (χ0n) is 11.9. The second-order valence-electron chi connectivity index (χ2n) is 5.40. The first-order chi connectivity index (χ1) is 9.08. The van der Waals surface area contributed by atoms with E-state index in [1.807, 2.05) is 19.0 Å². The van der Waals surface area contributed by atoms with Crippen molar-refractivity contribution in [1.29, 1.82) is 0 Å². The van der Waals surface area contributed by atoms with Crippen LogP contribution >= 0.6 is 11.6 Å². The highest BCUT2D eigenvalue weighted by molar-refractivity contribution is 6.28. The van der Waals surface area contributed by atoms with Crippen molar-refractivity contribution in [3.63, 3.8) is 0 Å². The van der Waals surface area contributed by atoms with Crippen LogP contribution in [0.2, 0.25) is 5.28 Å². The molecule has 0 saturated heterocycles. The van der Waals surface area contributed by atoms with Crippen molar-refractivity contribution in [2.45, 2.75) is 45.1 Å². The summed E-state index contributed by atoms with van der Waals surface area (Å²) in [6.45, 7) is 2.26. The van der Waals surface area contributed by atoms with Gasteiger partial charge in [0.2, 0.25) is 17.2 Å². The Kier molecular flexibility index (Phi) is 4.80. The van der Waals surface area contributed by atoms with Crippen LogP contribution in [-0.4, -0.2) is 35.1 Å². The summed E-state index contributed by atoms with van der Waals surface area (Å²) in [6, 6.07) is 0.451. The van der Waals surface area contributed by atoms with Crippen molar-refractivity contribution < 1.29 is 0 Å². The third-order valence-corrected chi connectivity index (χ3v) is 3.86. The van der Waals surface area contributed by atoms with Gasteiger partial charge in [-0.05, 0) is 30.4 Å². The van der Waals surface area contributed by atoms with Crippen LogP contribution in [-0.2, 0) is 0 Å². The lowest BCUT2D eigenvalue weighted by Crippen LogP contribution is -2.28. The summed E-state index contributed by atoms with van der Waals surface area (Å²) >= 11 is 5.94. The third kappa shape index (κ3) is 3.93. The van der Waals surface area contributed by atoms with Gasteiger partial charge in [0.1, 0.15) is 0 Å². The van der Waals surface area contributed by atoms with Crippen LogP contribution in [0.3, 0.4) is 0 Å². The van der Waals surface area contributed by atoms with Crippen molar-refractivity contribution in [3.05, 3.63) is 5.28 Å². The molecular formula is C13H22ClN5. The van der Waals surface area contributed by atoms with Crippen LogP contribution in [0.5, 0.6) is 0 Å². The predicted molar refractivity (Wildman–Crippen MR) is 78.8 cm³/mol. The Morgan fingerprint density at radius 3 is 2.74 bits per heavy atom. The quantitative estimate of drug-likeness (QED) is 0.921. The van der Waals surface area contributed by atoms with Crippen LogP contribution in [0.15, 0.2) is 0 Å². The number of rotatable bonds is 4. The van der Waals surface area contributed by atoms with Gasteiger partial charge in [0.25, 0.3) is 0 Å². The fourth-order valence-electron chi connectivity index (χ4n) is 2.58. The molecule has 0 amide bonds. The van der Waals surface area contributed by atoms with Gasteiger partial charge in [0, 0.05) is 20.1 Å². The fraction of sp³-hybridized carbons (Fsp3) is 0.769. The largest absolute Gasteiger partial charge is 0.351 e. The molecule has 5 nitrogen and oxygen atoms in total. The number of nitrogens with one attached hydrogen (secondary N) is 1. The zero-order valence-corrected chi connectivity index (χ0v) is 12.6. The van der Waals surface area contributed by atoms with Crippen LogP contribution in [0.25, 0.3) is 0 Å². The molecule has 1 heterocycles. The standard InChI is InChI=1S/C13H22ClN5/c1-4-9-6-5-7-10(8-9)15-12-16-11(14)17-13(18-12)19(2)3/h9-10H,4-8H2,1-3H3,(H,15,16,17,18). The summed E-state index contributed by atoms with van der Waals surface area (Å²) in [4.78, 5) is 14.5. The molecule has 6 heteroatoms. The molecule has 1 N–H and O–H groups in total. The van der Waals surface area contributed by atoms with Gasteiger partial charge in [-0.3, -0.25) is 0 Å². The molecule has 0 spiro atoms. The Hall–Kier alpha value is -1.10. The van der Waals surface area contributed by atoms with Gasteiger partial charge >= 0.3 is 0 Å². The van der Waals surface area contributed by atoms with E-state index in [1.54, 1.807) is 0 Å². The molecule has 1 aliphatic rings. The lowest BCUT2D eigenvalue weighted by Gasteiger charge is -2.29. The summed E-state index contributed by atoms with van der Waals surface area (Å²) in [5, 5.41) is 3.65. The normalized spacial score (nSPS) is 23.2. The van der Waals surface area contributed by atoms with E-state index in [0.717, 1.165) is 5.92 Å². The number of hydrogen-bond donors (Lipinski definition) is 1. The average Bonchev–Trinajstić information content (AvgIpc) is 2.38. The number of aromatic nitrogens is 3. The van der Waals surface area contributed by atoms with Crippen molar-refractivity contribution >= 4 is 23.5 Å². The van der Waals surface area contributed by atoms with Gasteiger partial charge in [-0.1, -0.05) is 26.2 Å². The highest BCUT2D eigenvalue weighted by Crippen LogP contribution is 2.28. The number of halogens is 1. The molecule has 1 saturated carbocycles. The molecule has 2 unspecified atom stereocenters. The molecule has 1 aromatic heterocycles. The van der Waals surface area contributed by atoms with E-state index in [0.29, 0.717) is 17.9 Å². The first-order valence-electron chi connectivity index (χ1n) is 6.94. The summed E-state index contributed by atoms with van der Waals surface area (Å²) in [5.74, 6) is 1.99. The molecule has 106 valence electrons. The van der Waals surface area contributed by atoms with Gasteiger partial charge in [-0.2, -0.15) is 15.0 Å². The van der Waals surface area contributed by atoms with Crippen molar-refractivity contribution in [1.82, 2.24) is 15.0 Å². The van der Waals surface area contributed by atoms with Gasteiger partial charge in [-0.15, -0.1) is 0 Å². The smallest absolute Gasteiger partial charge is 0.230 e. The number of nitrogens with zero attached hydrogens (tertiary/aromatic N) is 4. The van der Waals surface area contributed by atoms with Crippen LogP contribution in [0.1, 0.15) is 39.0 Å². The van der Waals surface area contributed by atoms with Crippen molar-refractivity contribution in [2.24, 2.45) is 5.92 Å². The molecular weight excluding hydrogens is 262 g/mol. The van der Waals surface area contributed by atoms with E-state index in [9.17, 15) is 0 Å². The summed E-state index contributed by atoms with van der Waals surface area (Å²) in [5.41, 5.74) is 0. The van der Waals surface area contributed by atoms with Gasteiger partial charge < -0.3 is 10.2 Å². The minimum Gasteiger partial charge on any atom is -0.351 e. The van der Waals surface area contributed by atoms with E-state index in [-0.39, 0.29) is 5.28 Å². The molecule has 1 aromatic rings. The van der Waals surface area contributed by atoms with Crippen LogP contribution in [0.4, 0.5) is 11.9 Å². The van der Waals surface area contributed by atoms with E-state index in [2.05, 4.69) is 27.2 Å². The highest BCUT2D eigenvalue weighted by Gasteiger charge is 2.21. The Labute approximate surface area is 119 Å². The minimum absolute atomic E-state index is 0.240. The van der Waals surface area contributed by atoms with Gasteiger partial charge in [0.05, 0.1) is 0 Å². The Morgan fingerprint density at radius 1 is 1.26 bits per heavy atom. The van der Waals surface area contributed by atoms with E-state index in [1.165, 1.54) is 32.1 Å². The summed E-state index contributed by atoms with van der Waals surface area (Å²) < 4.78 is 0. The number of anilines is 2. The molecule has 2 atom stereocenters. The average molecular weight is 284 g/mol. The molecule has 1 aliphatic carbocycles. The third-order valence-electron chi connectivity index (χ3n) is 3.69. The maximum atomic E-state index is 5.94. The predicted octanol–water partition coefficient (Wildman–Crippen LogP) is 2.97. The molecule has 0 bridgehead atoms. The lowest BCUT2D eigenvalue weighted by atomic mass is 9.84. The molecule has 0 radical (unpaired) electrons. The summed E-state index contributed by atoms with van der Waals surface area (Å²) in [7, 11) is 3.78. The highest BCUT2D eigenvalue weighted by atomic mass is 35.5. The maximum Gasteiger partial charge on any atom is 0.230 e. The van der Waals surface area contributed by atoms with E-state index < -0.39 is 0 Å². The molecule has 2 rings (SSSR count). The SMILES string of the molecule is CCC1CCCC(Nc2nc(Cl)nc(N(C)C)n2)C1. The number of hydrogen-bond acceptors (Lipinski definition) is 5.